The minimum absolute atomic E-state index is 0.168. The zero-order valence-corrected chi connectivity index (χ0v) is 17.6. The molecule has 7 heteroatoms. The molecule has 3 rings (SSSR count). The molecule has 2 aromatic carbocycles. The van der Waals surface area contributed by atoms with Crippen molar-refractivity contribution in [3.05, 3.63) is 58.2 Å². The van der Waals surface area contributed by atoms with E-state index < -0.39 is 0 Å². The number of hydrogen-bond donors (Lipinski definition) is 0. The second-order valence-electron chi connectivity index (χ2n) is 5.81. The van der Waals surface area contributed by atoms with Crippen LogP contribution in [0.2, 0.25) is 0 Å². The summed E-state index contributed by atoms with van der Waals surface area (Å²) in [6, 6.07) is 13.1. The quantitative estimate of drug-likeness (QED) is 0.500. The zero-order valence-electron chi connectivity index (χ0n) is 15.2. The third-order valence-electron chi connectivity index (χ3n) is 4.12. The van der Waals surface area contributed by atoms with E-state index in [1.165, 1.54) is 4.90 Å². The predicted molar refractivity (Wildman–Crippen MR) is 114 cm³/mol. The van der Waals surface area contributed by atoms with Gasteiger partial charge in [0.15, 0.2) is 16.6 Å². The number of nitrogens with zero attached hydrogens (tertiary/aromatic N) is 2. The summed E-state index contributed by atoms with van der Waals surface area (Å²) in [6.45, 7) is 2.41. The fourth-order valence-electron chi connectivity index (χ4n) is 2.85. The van der Waals surface area contributed by atoms with E-state index in [4.69, 9.17) is 21.7 Å². The van der Waals surface area contributed by atoms with Gasteiger partial charge in [0.1, 0.15) is 5.70 Å². The number of halogens is 1. The van der Waals surface area contributed by atoms with Gasteiger partial charge in [-0.3, -0.25) is 9.69 Å². The van der Waals surface area contributed by atoms with Gasteiger partial charge in [0.2, 0.25) is 0 Å². The van der Waals surface area contributed by atoms with Gasteiger partial charge >= 0.3 is 0 Å². The smallest absolute Gasteiger partial charge is 0.281 e. The Bertz CT molecular complexity index is 915. The van der Waals surface area contributed by atoms with Crippen LogP contribution in [0.5, 0.6) is 11.5 Å². The van der Waals surface area contributed by atoms with E-state index in [-0.39, 0.29) is 5.91 Å². The summed E-state index contributed by atoms with van der Waals surface area (Å²) in [7, 11) is 3.38. The Morgan fingerprint density at radius 1 is 1.22 bits per heavy atom. The Hall–Kier alpha value is -2.38. The number of hydrogen-bond acceptors (Lipinski definition) is 4. The highest BCUT2D eigenvalue weighted by atomic mass is 79.9. The molecule has 0 spiro atoms. The highest BCUT2D eigenvalue weighted by molar-refractivity contribution is 9.10. The molecule has 0 atom stereocenters. The van der Waals surface area contributed by atoms with Gasteiger partial charge in [-0.2, -0.15) is 0 Å². The Balaban J connectivity index is 2.02. The molecule has 27 heavy (non-hydrogen) atoms. The summed E-state index contributed by atoms with van der Waals surface area (Å²) in [6.07, 6.45) is 1.80. The number of amides is 1. The molecule has 1 heterocycles. The summed E-state index contributed by atoms with van der Waals surface area (Å²) < 4.78 is 11.8. The standard InChI is InChI=1S/C20H19BrN2O3S/c1-4-26-17-12-13(10-15(21)18(17)25-3)11-16-19(24)23(20(27)22(16)2)14-8-6-5-7-9-14/h5-12H,4H2,1-3H3/b16-11-. The third-order valence-corrected chi connectivity index (χ3v) is 5.16. The molecule has 0 aromatic heterocycles. The molecule has 0 bridgehead atoms. The molecule has 1 amide bonds. The van der Waals surface area contributed by atoms with Crippen molar-refractivity contribution < 1.29 is 14.3 Å². The molecule has 0 aliphatic carbocycles. The number of para-hydroxylation sites is 1. The number of methoxy groups -OCH3 is 1. The van der Waals surface area contributed by atoms with Crippen molar-refractivity contribution in [2.75, 3.05) is 25.7 Å². The number of rotatable bonds is 5. The van der Waals surface area contributed by atoms with Crippen molar-refractivity contribution in [3.63, 3.8) is 0 Å². The summed E-state index contributed by atoms with van der Waals surface area (Å²) >= 11 is 8.98. The van der Waals surface area contributed by atoms with E-state index in [0.29, 0.717) is 28.9 Å². The molecule has 2 aromatic rings. The fourth-order valence-corrected chi connectivity index (χ4v) is 3.76. The number of thiocarbonyl (C=S) groups is 1. The van der Waals surface area contributed by atoms with E-state index in [0.717, 1.165) is 15.7 Å². The highest BCUT2D eigenvalue weighted by Crippen LogP contribution is 2.38. The number of ether oxygens (including phenoxy) is 2. The molecule has 5 nitrogen and oxygen atoms in total. The molecular formula is C20H19BrN2O3S. The maximum absolute atomic E-state index is 13.0. The minimum Gasteiger partial charge on any atom is -0.492 e. The first-order valence-corrected chi connectivity index (χ1v) is 9.57. The molecule has 1 aliphatic rings. The van der Waals surface area contributed by atoms with Crippen LogP contribution in [-0.4, -0.2) is 36.7 Å². The molecular weight excluding hydrogens is 428 g/mol. The van der Waals surface area contributed by atoms with E-state index in [1.54, 1.807) is 25.1 Å². The van der Waals surface area contributed by atoms with Crippen LogP contribution in [0, 0.1) is 0 Å². The second kappa shape index (κ2) is 8.10. The Kier molecular flexibility index (Phi) is 5.82. The number of carbonyl (C=O) groups is 1. The molecule has 1 fully saturated rings. The van der Waals surface area contributed by atoms with Crippen molar-refractivity contribution in [3.8, 4) is 11.5 Å². The Morgan fingerprint density at radius 3 is 2.56 bits per heavy atom. The minimum atomic E-state index is -0.168. The number of benzene rings is 2. The largest absolute Gasteiger partial charge is 0.492 e. The van der Waals surface area contributed by atoms with E-state index in [9.17, 15) is 4.79 Å². The first kappa shape index (κ1) is 19.4. The molecule has 1 aliphatic heterocycles. The average Bonchev–Trinajstić information content (AvgIpc) is 2.86. The summed E-state index contributed by atoms with van der Waals surface area (Å²) in [5, 5.41) is 0.440. The lowest BCUT2D eigenvalue weighted by Gasteiger charge is -2.16. The molecule has 0 N–H and O–H groups in total. The Labute approximate surface area is 172 Å². The van der Waals surface area contributed by atoms with Crippen molar-refractivity contribution in [2.24, 2.45) is 0 Å². The van der Waals surface area contributed by atoms with Gasteiger partial charge in [0.25, 0.3) is 5.91 Å². The molecule has 0 unspecified atom stereocenters. The summed E-state index contributed by atoms with van der Waals surface area (Å²) in [4.78, 5) is 16.3. The third kappa shape index (κ3) is 3.70. The first-order valence-electron chi connectivity index (χ1n) is 8.37. The van der Waals surface area contributed by atoms with E-state index in [1.807, 2.05) is 49.4 Å². The molecule has 1 saturated heterocycles. The molecule has 0 saturated carbocycles. The van der Waals surface area contributed by atoms with Crippen LogP contribution < -0.4 is 14.4 Å². The predicted octanol–water partition coefficient (Wildman–Crippen LogP) is 4.46. The van der Waals surface area contributed by atoms with Crippen molar-refractivity contribution in [1.29, 1.82) is 0 Å². The van der Waals surface area contributed by atoms with Gasteiger partial charge in [-0.1, -0.05) is 18.2 Å². The fraction of sp³-hybridized carbons (Fsp3) is 0.200. The van der Waals surface area contributed by atoms with Crippen LogP contribution in [0.25, 0.3) is 6.08 Å². The normalized spacial score (nSPS) is 15.6. The average molecular weight is 447 g/mol. The van der Waals surface area contributed by atoms with E-state index in [2.05, 4.69) is 15.9 Å². The van der Waals surface area contributed by atoms with E-state index >= 15 is 0 Å². The molecule has 0 radical (unpaired) electrons. The molecule has 140 valence electrons. The lowest BCUT2D eigenvalue weighted by Crippen LogP contribution is -2.30. The van der Waals surface area contributed by atoms with Gasteiger partial charge in [0.05, 0.1) is 23.9 Å². The topological polar surface area (TPSA) is 42.0 Å². The van der Waals surface area contributed by atoms with Crippen molar-refractivity contribution >= 4 is 50.9 Å². The SMILES string of the molecule is CCOc1cc(/C=C2/C(=O)N(c3ccccc3)C(=S)N2C)cc(Br)c1OC. The number of anilines is 1. The lowest BCUT2D eigenvalue weighted by atomic mass is 10.1. The van der Waals surface area contributed by atoms with Gasteiger partial charge in [-0.05, 0) is 71.0 Å². The van der Waals surface area contributed by atoms with Crippen LogP contribution in [0.1, 0.15) is 12.5 Å². The Morgan fingerprint density at radius 2 is 1.93 bits per heavy atom. The number of carbonyl (C=O) groups excluding carboxylic acids is 1. The highest BCUT2D eigenvalue weighted by Gasteiger charge is 2.36. The maximum atomic E-state index is 13.0. The van der Waals surface area contributed by atoms with Crippen LogP contribution in [-0.2, 0) is 4.79 Å². The lowest BCUT2D eigenvalue weighted by molar-refractivity contribution is -0.114. The van der Waals surface area contributed by atoms with Crippen molar-refractivity contribution in [2.45, 2.75) is 6.92 Å². The van der Waals surface area contributed by atoms with Gasteiger partial charge < -0.3 is 14.4 Å². The van der Waals surface area contributed by atoms with Crippen LogP contribution in [0.15, 0.2) is 52.6 Å². The monoisotopic (exact) mass is 446 g/mol. The van der Waals surface area contributed by atoms with Crippen LogP contribution in [0.3, 0.4) is 0 Å². The summed E-state index contributed by atoms with van der Waals surface area (Å²) in [5.74, 6) is 1.06. The second-order valence-corrected chi connectivity index (χ2v) is 7.03. The van der Waals surface area contributed by atoms with Crippen molar-refractivity contribution in [1.82, 2.24) is 4.90 Å². The van der Waals surface area contributed by atoms with Gasteiger partial charge in [-0.25, -0.2) is 0 Å². The van der Waals surface area contributed by atoms with Crippen LogP contribution in [0.4, 0.5) is 5.69 Å². The van der Waals surface area contributed by atoms with Gasteiger partial charge in [-0.15, -0.1) is 0 Å². The first-order chi connectivity index (χ1) is 13.0. The van der Waals surface area contributed by atoms with Crippen LogP contribution >= 0.6 is 28.1 Å². The summed E-state index contributed by atoms with van der Waals surface area (Å²) in [5.41, 5.74) is 2.04. The van der Waals surface area contributed by atoms with Gasteiger partial charge in [0, 0.05) is 7.05 Å². The maximum Gasteiger partial charge on any atom is 0.281 e. The zero-order chi connectivity index (χ0) is 19.6. The number of likely N-dealkylation sites (N-methyl/N-ethyl adjacent to an activating group) is 1.